The third-order valence-electron chi connectivity index (χ3n) is 7.18. The number of aliphatic imine (C=N–C) groups is 1. The van der Waals surface area contributed by atoms with Gasteiger partial charge < -0.3 is 23.6 Å². The average molecular weight is 682 g/mol. The smallest absolute Gasteiger partial charge is 0.437 e. The summed E-state index contributed by atoms with van der Waals surface area (Å²) in [5.41, 5.74) is -1.23. The molecule has 11 nitrogen and oxygen atoms in total. The van der Waals surface area contributed by atoms with E-state index in [0.29, 0.717) is 42.1 Å². The Hall–Kier alpha value is -5.14. The number of halogens is 3. The van der Waals surface area contributed by atoms with Gasteiger partial charge in [-0.2, -0.15) is 18.2 Å². The molecule has 1 aliphatic rings. The van der Waals surface area contributed by atoms with Gasteiger partial charge in [-0.1, -0.05) is 35.5 Å². The maximum Gasteiger partial charge on any atom is 0.437 e. The van der Waals surface area contributed by atoms with Crippen LogP contribution in [0.25, 0.3) is 22.2 Å². The maximum absolute atomic E-state index is 13.1. The summed E-state index contributed by atoms with van der Waals surface area (Å²) in [6.45, 7) is 10.7. The summed E-state index contributed by atoms with van der Waals surface area (Å²) in [6, 6.07) is 15.5. The van der Waals surface area contributed by atoms with Gasteiger partial charge in [-0.05, 0) is 101 Å². The van der Waals surface area contributed by atoms with E-state index in [2.05, 4.69) is 20.4 Å². The number of rotatable bonds is 5. The zero-order valence-corrected chi connectivity index (χ0v) is 28.1. The third kappa shape index (κ3) is 9.48. The summed E-state index contributed by atoms with van der Waals surface area (Å²) in [4.78, 5) is 35.8. The van der Waals surface area contributed by atoms with Gasteiger partial charge in [0.2, 0.25) is 17.7 Å². The number of guanidine groups is 1. The van der Waals surface area contributed by atoms with Gasteiger partial charge in [-0.15, -0.1) is 4.99 Å². The van der Waals surface area contributed by atoms with Crippen LogP contribution in [0.2, 0.25) is 0 Å². The molecule has 49 heavy (non-hydrogen) atoms. The normalized spacial score (nSPS) is 15.7. The Balaban J connectivity index is 1.32. The molecule has 1 aliphatic heterocycles. The lowest BCUT2D eigenvalue weighted by Gasteiger charge is -2.27. The molecule has 4 aromatic rings. The van der Waals surface area contributed by atoms with Crippen LogP contribution in [-0.2, 0) is 22.3 Å². The van der Waals surface area contributed by atoms with Crippen molar-refractivity contribution in [3.05, 3.63) is 77.7 Å². The van der Waals surface area contributed by atoms with Crippen LogP contribution in [0.1, 0.15) is 77.4 Å². The molecule has 0 radical (unpaired) electrons. The van der Waals surface area contributed by atoms with Crippen LogP contribution in [0.15, 0.2) is 70.2 Å². The molecule has 5 rings (SSSR count). The van der Waals surface area contributed by atoms with Crippen molar-refractivity contribution in [2.45, 2.75) is 84.4 Å². The number of nitrogens with one attached hydrogen (secondary N) is 1. The second-order valence-corrected chi connectivity index (χ2v) is 13.6. The minimum Gasteiger partial charge on any atom is -0.489 e. The number of alkyl carbamates (subject to hydrolysis) is 1. The highest BCUT2D eigenvalue weighted by molar-refractivity contribution is 5.99. The predicted octanol–water partition coefficient (Wildman–Crippen LogP) is 8.44. The number of amides is 2. The first-order valence-electron chi connectivity index (χ1n) is 15.7. The Labute approximate surface area is 281 Å². The lowest BCUT2D eigenvalue weighted by molar-refractivity contribution is -0.137. The van der Waals surface area contributed by atoms with Crippen molar-refractivity contribution in [1.82, 2.24) is 20.4 Å². The first-order chi connectivity index (χ1) is 22.9. The highest BCUT2D eigenvalue weighted by atomic mass is 19.4. The topological polar surface area (TPSA) is 128 Å². The first kappa shape index (κ1) is 35.2. The third-order valence-corrected chi connectivity index (χ3v) is 7.18. The van der Waals surface area contributed by atoms with Crippen LogP contribution in [0, 0.1) is 0 Å². The molecule has 0 spiro atoms. The van der Waals surface area contributed by atoms with Gasteiger partial charge in [-0.3, -0.25) is 5.32 Å². The van der Waals surface area contributed by atoms with Gasteiger partial charge in [0.1, 0.15) is 29.6 Å². The highest BCUT2D eigenvalue weighted by Gasteiger charge is 2.35. The van der Waals surface area contributed by atoms with Crippen molar-refractivity contribution in [2.75, 3.05) is 6.54 Å². The van der Waals surface area contributed by atoms with Crippen LogP contribution in [-0.4, -0.2) is 50.9 Å². The summed E-state index contributed by atoms with van der Waals surface area (Å²) in [5, 5.41) is 8.48. The van der Waals surface area contributed by atoms with E-state index in [1.165, 1.54) is 6.07 Å². The Morgan fingerprint density at radius 2 is 1.67 bits per heavy atom. The van der Waals surface area contributed by atoms with Crippen LogP contribution in [0.5, 0.6) is 5.75 Å². The van der Waals surface area contributed by atoms with Gasteiger partial charge in [0.25, 0.3) is 0 Å². The lowest BCUT2D eigenvalue weighted by Crippen LogP contribution is -2.46. The summed E-state index contributed by atoms with van der Waals surface area (Å²) in [7, 11) is 0. The SMILES string of the molecule is CC(C)(C)OC(=O)/N=C(/NC(=O)OC(C)(C)C)N1CCC[C@H]1c1nc(-c2ccc3cc(OCc4cccc(C(F)(F)F)c4)ccc3c2)no1. The highest BCUT2D eigenvalue weighted by Crippen LogP contribution is 2.34. The zero-order chi connectivity index (χ0) is 35.6. The van der Waals surface area contributed by atoms with Crippen molar-refractivity contribution < 1.29 is 41.5 Å². The summed E-state index contributed by atoms with van der Waals surface area (Å²) < 4.78 is 61.4. The Bertz CT molecular complexity index is 1860. The van der Waals surface area contributed by atoms with Gasteiger partial charge >= 0.3 is 18.4 Å². The second kappa shape index (κ2) is 13.8. The van der Waals surface area contributed by atoms with Crippen LogP contribution in [0.3, 0.4) is 0 Å². The molecule has 0 bridgehead atoms. The van der Waals surface area contributed by atoms with Crippen LogP contribution >= 0.6 is 0 Å². The molecule has 3 aromatic carbocycles. The van der Waals surface area contributed by atoms with E-state index in [-0.39, 0.29) is 18.5 Å². The lowest BCUT2D eigenvalue weighted by atomic mass is 10.1. The number of alkyl halides is 3. The first-order valence-corrected chi connectivity index (χ1v) is 15.7. The van der Waals surface area contributed by atoms with Crippen molar-refractivity contribution in [3.63, 3.8) is 0 Å². The number of hydrogen-bond acceptors (Lipinski definition) is 8. The van der Waals surface area contributed by atoms with Crippen LogP contribution < -0.4 is 10.1 Å². The molecule has 1 saturated heterocycles. The molecule has 1 fully saturated rings. The summed E-state index contributed by atoms with van der Waals surface area (Å²) in [5.74, 6) is 1.06. The molecule has 0 unspecified atom stereocenters. The Morgan fingerprint density at radius 3 is 2.39 bits per heavy atom. The predicted molar refractivity (Wildman–Crippen MR) is 175 cm³/mol. The van der Waals surface area contributed by atoms with E-state index in [4.69, 9.17) is 18.7 Å². The number of carbonyl (C=O) groups excluding carboxylic acids is 2. The van der Waals surface area contributed by atoms with Crippen molar-refractivity contribution >= 4 is 28.9 Å². The largest absolute Gasteiger partial charge is 0.489 e. The summed E-state index contributed by atoms with van der Waals surface area (Å²) >= 11 is 0. The fraction of sp³-hybridized carbons (Fsp3) is 0.400. The molecule has 2 heterocycles. The van der Waals surface area contributed by atoms with Crippen molar-refractivity contribution in [1.29, 1.82) is 0 Å². The van der Waals surface area contributed by atoms with Gasteiger partial charge in [0, 0.05) is 12.1 Å². The quantitative estimate of drug-likeness (QED) is 0.163. The summed E-state index contributed by atoms with van der Waals surface area (Å²) in [6.07, 6.45) is -4.81. The molecule has 0 saturated carbocycles. The maximum atomic E-state index is 13.1. The number of likely N-dealkylation sites (tertiary alicyclic amines) is 1. The average Bonchev–Trinajstić information content (AvgIpc) is 3.68. The number of nitrogens with zero attached hydrogens (tertiary/aromatic N) is 4. The molecule has 1 atom stereocenters. The molecular weight excluding hydrogens is 643 g/mol. The van der Waals surface area contributed by atoms with Crippen molar-refractivity contribution in [2.24, 2.45) is 4.99 Å². The molecular formula is C35H38F3N5O6. The van der Waals surface area contributed by atoms with E-state index >= 15 is 0 Å². The Kier molecular flexibility index (Phi) is 9.88. The fourth-order valence-electron chi connectivity index (χ4n) is 5.15. The number of ether oxygens (including phenoxy) is 3. The monoisotopic (exact) mass is 681 g/mol. The molecule has 1 N–H and O–H groups in total. The molecule has 2 amide bonds. The van der Waals surface area contributed by atoms with E-state index in [0.717, 1.165) is 22.9 Å². The van der Waals surface area contributed by atoms with E-state index in [1.54, 1.807) is 64.6 Å². The van der Waals surface area contributed by atoms with Crippen LogP contribution in [0.4, 0.5) is 22.8 Å². The van der Waals surface area contributed by atoms with E-state index < -0.39 is 41.2 Å². The van der Waals surface area contributed by atoms with E-state index in [9.17, 15) is 22.8 Å². The number of aromatic nitrogens is 2. The minimum absolute atomic E-state index is 0.0190. The van der Waals surface area contributed by atoms with Gasteiger partial charge in [0.15, 0.2) is 0 Å². The molecule has 0 aliphatic carbocycles. The van der Waals surface area contributed by atoms with E-state index in [1.807, 2.05) is 24.3 Å². The number of fused-ring (bicyclic) bond motifs is 1. The van der Waals surface area contributed by atoms with Gasteiger partial charge in [-0.25, -0.2) is 9.59 Å². The number of carbonyl (C=O) groups is 2. The Morgan fingerprint density at radius 1 is 0.959 bits per heavy atom. The fourth-order valence-corrected chi connectivity index (χ4v) is 5.15. The minimum atomic E-state index is -4.43. The molecule has 260 valence electrons. The standard InChI is InChI=1S/C35H38F3N5O6/c1-33(2,3)47-31(44)40-30(41-32(45)48-34(4,5)6)43-16-8-11-27(43)29-39-28(42-49-29)24-13-12-23-19-26(15-14-22(23)18-24)46-20-21-9-7-10-25(17-21)35(36,37)38/h7,9-10,12-15,17-19,27H,8,11,16,20H2,1-6H3,(H,40,41,44,45)/t27-/m0/s1. The van der Waals surface area contributed by atoms with Gasteiger partial charge in [0.05, 0.1) is 5.56 Å². The molecule has 14 heteroatoms. The number of hydrogen-bond donors (Lipinski definition) is 1. The molecule has 1 aromatic heterocycles. The number of benzene rings is 3. The second-order valence-electron chi connectivity index (χ2n) is 13.6. The zero-order valence-electron chi connectivity index (χ0n) is 28.1. The van der Waals surface area contributed by atoms with Crippen molar-refractivity contribution in [3.8, 4) is 17.1 Å².